The highest BCUT2D eigenvalue weighted by molar-refractivity contribution is 6.22. The molecule has 1 aliphatic rings. The van der Waals surface area contributed by atoms with E-state index in [1.54, 1.807) is 0 Å². The number of aryl methyl sites for hydroxylation is 2. The molecule has 0 unspecified atom stereocenters. The summed E-state index contributed by atoms with van der Waals surface area (Å²) in [6.45, 7) is 4.10. The summed E-state index contributed by atoms with van der Waals surface area (Å²) in [7, 11) is 0. The van der Waals surface area contributed by atoms with Crippen molar-refractivity contribution in [2.75, 3.05) is 6.54 Å². The van der Waals surface area contributed by atoms with Gasteiger partial charge < -0.3 is 0 Å². The molecule has 2 amide bonds. The molecule has 0 aromatic heterocycles. The van der Waals surface area contributed by atoms with E-state index in [0.29, 0.717) is 36.9 Å². The van der Waals surface area contributed by atoms with E-state index in [1.807, 2.05) is 26.0 Å². The minimum atomic E-state index is -0.196. The number of unbranched alkanes of at least 4 members (excludes halogenated alkanes) is 2. The first-order chi connectivity index (χ1) is 9.07. The lowest BCUT2D eigenvalue weighted by molar-refractivity contribution is 0.0651. The first kappa shape index (κ1) is 13.3. The maximum atomic E-state index is 12.3. The monoisotopic (exact) mass is 256 g/mol. The smallest absolute Gasteiger partial charge is 0.261 e. The molecule has 0 spiro atoms. The largest absolute Gasteiger partial charge is 0.274 e. The number of amides is 2. The molecule has 19 heavy (non-hydrogen) atoms. The Hall–Kier alpha value is -2.15. The van der Waals surface area contributed by atoms with Crippen LogP contribution in [-0.4, -0.2) is 23.3 Å². The standard InChI is InChI=1S/C15H16N2O2/c1-10-6-7-11(2)13-12(10)14(18)17(15(13)19)9-5-3-4-8-16/h6-7H,3-5,9H2,1-2H3. The third-order valence-electron chi connectivity index (χ3n) is 3.46. The molecule has 0 atom stereocenters. The highest BCUT2D eigenvalue weighted by atomic mass is 16.2. The highest BCUT2D eigenvalue weighted by Gasteiger charge is 2.37. The van der Waals surface area contributed by atoms with Gasteiger partial charge in [-0.3, -0.25) is 14.5 Å². The first-order valence-corrected chi connectivity index (χ1v) is 6.41. The zero-order chi connectivity index (χ0) is 14.0. The summed E-state index contributed by atoms with van der Waals surface area (Å²) in [5.41, 5.74) is 2.78. The molecule has 0 aliphatic carbocycles. The Morgan fingerprint density at radius 2 is 1.58 bits per heavy atom. The molecule has 0 saturated heterocycles. The van der Waals surface area contributed by atoms with Crippen LogP contribution in [0.4, 0.5) is 0 Å². The van der Waals surface area contributed by atoms with E-state index in [0.717, 1.165) is 11.1 Å². The van der Waals surface area contributed by atoms with Crippen molar-refractivity contribution in [3.8, 4) is 6.07 Å². The molecule has 0 bridgehead atoms. The summed E-state index contributed by atoms with van der Waals surface area (Å²) in [6, 6.07) is 5.81. The maximum Gasteiger partial charge on any atom is 0.261 e. The number of nitrogens with zero attached hydrogens (tertiary/aromatic N) is 2. The Labute approximate surface area is 112 Å². The lowest BCUT2D eigenvalue weighted by Crippen LogP contribution is -2.30. The van der Waals surface area contributed by atoms with Crippen LogP contribution in [0.5, 0.6) is 0 Å². The van der Waals surface area contributed by atoms with Crippen LogP contribution in [0.2, 0.25) is 0 Å². The van der Waals surface area contributed by atoms with Crippen LogP contribution in [0.1, 0.15) is 51.1 Å². The van der Waals surface area contributed by atoms with Gasteiger partial charge in [-0.2, -0.15) is 5.26 Å². The van der Waals surface area contributed by atoms with Gasteiger partial charge in [0.2, 0.25) is 0 Å². The molecule has 1 heterocycles. The average Bonchev–Trinajstić information content (AvgIpc) is 2.64. The molecule has 4 heteroatoms. The Kier molecular flexibility index (Phi) is 3.66. The van der Waals surface area contributed by atoms with Crippen LogP contribution in [0.15, 0.2) is 12.1 Å². The molecule has 1 aromatic carbocycles. The normalized spacial score (nSPS) is 13.6. The number of rotatable bonds is 4. The second-order valence-electron chi connectivity index (χ2n) is 4.83. The van der Waals surface area contributed by atoms with E-state index in [9.17, 15) is 9.59 Å². The Morgan fingerprint density at radius 1 is 1.05 bits per heavy atom. The van der Waals surface area contributed by atoms with E-state index < -0.39 is 0 Å². The minimum Gasteiger partial charge on any atom is -0.274 e. The fourth-order valence-corrected chi connectivity index (χ4v) is 2.40. The summed E-state index contributed by atoms with van der Waals surface area (Å²) < 4.78 is 0. The summed E-state index contributed by atoms with van der Waals surface area (Å²) in [5.74, 6) is -0.392. The molecule has 2 rings (SSSR count). The van der Waals surface area contributed by atoms with Gasteiger partial charge in [0.05, 0.1) is 17.2 Å². The zero-order valence-corrected chi connectivity index (χ0v) is 11.2. The topological polar surface area (TPSA) is 61.2 Å². The molecule has 0 saturated carbocycles. The lowest BCUT2D eigenvalue weighted by atomic mass is 9.99. The fraction of sp³-hybridized carbons (Fsp3) is 0.400. The van der Waals surface area contributed by atoms with E-state index in [1.165, 1.54) is 4.90 Å². The number of nitriles is 1. The lowest BCUT2D eigenvalue weighted by Gasteiger charge is -2.12. The van der Waals surface area contributed by atoms with Gasteiger partial charge in [0.1, 0.15) is 0 Å². The van der Waals surface area contributed by atoms with E-state index >= 15 is 0 Å². The van der Waals surface area contributed by atoms with Crippen LogP contribution in [0.3, 0.4) is 0 Å². The van der Waals surface area contributed by atoms with E-state index in [4.69, 9.17) is 5.26 Å². The molecule has 98 valence electrons. The van der Waals surface area contributed by atoms with Crippen LogP contribution >= 0.6 is 0 Å². The van der Waals surface area contributed by atoms with Crippen molar-refractivity contribution < 1.29 is 9.59 Å². The molecule has 0 radical (unpaired) electrons. The number of benzene rings is 1. The van der Waals surface area contributed by atoms with Crippen LogP contribution in [-0.2, 0) is 0 Å². The molecular formula is C15H16N2O2. The molecule has 1 aliphatic heterocycles. The molecule has 4 nitrogen and oxygen atoms in total. The molecule has 0 fully saturated rings. The molecular weight excluding hydrogens is 240 g/mol. The van der Waals surface area contributed by atoms with Gasteiger partial charge in [0.15, 0.2) is 0 Å². The van der Waals surface area contributed by atoms with Crippen molar-refractivity contribution in [2.45, 2.75) is 33.1 Å². The molecule has 0 N–H and O–H groups in total. The SMILES string of the molecule is Cc1ccc(C)c2c1C(=O)N(CCCCC#N)C2=O. The highest BCUT2D eigenvalue weighted by Crippen LogP contribution is 2.28. The van der Waals surface area contributed by atoms with Gasteiger partial charge in [-0.05, 0) is 37.8 Å². The van der Waals surface area contributed by atoms with Gasteiger partial charge in [-0.1, -0.05) is 12.1 Å². The number of imide groups is 1. The van der Waals surface area contributed by atoms with Gasteiger partial charge >= 0.3 is 0 Å². The van der Waals surface area contributed by atoms with Crippen LogP contribution in [0.25, 0.3) is 0 Å². The number of carbonyl (C=O) groups is 2. The number of fused-ring (bicyclic) bond motifs is 1. The van der Waals surface area contributed by atoms with Crippen molar-refractivity contribution in [1.82, 2.24) is 4.90 Å². The number of hydrogen-bond acceptors (Lipinski definition) is 3. The summed E-state index contributed by atoms with van der Waals surface area (Å²) in [4.78, 5) is 25.9. The van der Waals surface area contributed by atoms with Crippen molar-refractivity contribution in [3.63, 3.8) is 0 Å². The van der Waals surface area contributed by atoms with Crippen LogP contribution in [0, 0.1) is 25.2 Å². The fourth-order valence-electron chi connectivity index (χ4n) is 2.40. The Bertz CT molecular complexity index is 544. The third kappa shape index (κ3) is 2.24. The number of hydrogen-bond donors (Lipinski definition) is 0. The van der Waals surface area contributed by atoms with Gasteiger partial charge in [-0.15, -0.1) is 0 Å². The van der Waals surface area contributed by atoms with E-state index in [-0.39, 0.29) is 11.8 Å². The van der Waals surface area contributed by atoms with Crippen molar-refractivity contribution >= 4 is 11.8 Å². The Morgan fingerprint density at radius 3 is 2.05 bits per heavy atom. The minimum absolute atomic E-state index is 0.196. The zero-order valence-electron chi connectivity index (χ0n) is 11.2. The average molecular weight is 256 g/mol. The maximum absolute atomic E-state index is 12.3. The van der Waals surface area contributed by atoms with Gasteiger partial charge in [-0.25, -0.2) is 0 Å². The number of carbonyl (C=O) groups excluding carboxylic acids is 2. The second kappa shape index (κ2) is 5.23. The first-order valence-electron chi connectivity index (χ1n) is 6.41. The third-order valence-corrected chi connectivity index (χ3v) is 3.46. The van der Waals surface area contributed by atoms with Crippen LogP contribution < -0.4 is 0 Å². The van der Waals surface area contributed by atoms with Crippen molar-refractivity contribution in [3.05, 3.63) is 34.4 Å². The summed E-state index contributed by atoms with van der Waals surface area (Å²) in [5, 5.41) is 8.48. The van der Waals surface area contributed by atoms with Crippen molar-refractivity contribution in [1.29, 1.82) is 5.26 Å². The predicted molar refractivity (Wildman–Crippen MR) is 70.7 cm³/mol. The Balaban J connectivity index is 2.22. The summed E-state index contributed by atoms with van der Waals surface area (Å²) in [6.07, 6.45) is 1.85. The molecule has 1 aromatic rings. The van der Waals surface area contributed by atoms with Gasteiger partial charge in [0, 0.05) is 13.0 Å². The summed E-state index contributed by atoms with van der Waals surface area (Å²) >= 11 is 0. The van der Waals surface area contributed by atoms with Crippen molar-refractivity contribution in [2.24, 2.45) is 0 Å². The van der Waals surface area contributed by atoms with Gasteiger partial charge in [0.25, 0.3) is 11.8 Å². The van der Waals surface area contributed by atoms with E-state index in [2.05, 4.69) is 6.07 Å². The predicted octanol–water partition coefficient (Wildman–Crippen LogP) is 2.59. The quantitative estimate of drug-likeness (QED) is 0.614. The second-order valence-corrected chi connectivity index (χ2v) is 4.83.